The first kappa shape index (κ1) is 41.4. The summed E-state index contributed by atoms with van der Waals surface area (Å²) < 4.78 is 0. The number of allylic oxidation sites excluding steroid dienone is 7. The standard InChI is InChI=1S/C10H8.C8H6.C7H6.C6H6.C4H4.3Y/c1-2-6-10-8-4-3-7-9(10)5-1;1-2-8-6-4-3-5-7-8;1-2-7-5-3-4-6-7;1-2-4-6-5-3-1;1-3-4-2;;;/h1-8H;1-6H;1-4H,5H2;1-6H;1-4H;;;/q;2*-2;;-2;;;. The van der Waals surface area contributed by atoms with Crippen LogP contribution in [0.4, 0.5) is 0 Å². The van der Waals surface area contributed by atoms with E-state index in [1.54, 1.807) is 6.08 Å². The van der Waals surface area contributed by atoms with Crippen molar-refractivity contribution < 1.29 is 98.1 Å². The average Bonchev–Trinajstić information content (AvgIpc) is 3.50. The SMILES string of the molecule is [CH-]=CC1=[C-]C=CC1.[CH-]=CC=[CH-].[CH-]=Cc1[c-]cccc1.[Y].[Y].[Y].c1ccc2ccccc2c1.c1ccccc1. The van der Waals surface area contributed by atoms with Crippen molar-refractivity contribution in [1.82, 2.24) is 0 Å². The van der Waals surface area contributed by atoms with E-state index in [2.05, 4.69) is 60.7 Å². The third-order valence-electron chi connectivity index (χ3n) is 4.27. The molecule has 3 radical (unpaired) electrons. The minimum Gasteiger partial charge on any atom is -0.394 e. The first-order valence-electron chi connectivity index (χ1n) is 11.1. The van der Waals surface area contributed by atoms with E-state index >= 15 is 0 Å². The van der Waals surface area contributed by atoms with Gasteiger partial charge in [-0.3, -0.25) is 6.08 Å². The summed E-state index contributed by atoms with van der Waals surface area (Å²) in [6.07, 6.45) is 13.5. The van der Waals surface area contributed by atoms with Gasteiger partial charge in [-0.2, -0.15) is 24.3 Å². The van der Waals surface area contributed by atoms with Crippen molar-refractivity contribution in [2.24, 2.45) is 0 Å². The fourth-order valence-corrected chi connectivity index (χ4v) is 2.56. The molecule has 1 aliphatic carbocycles. The van der Waals surface area contributed by atoms with Crippen molar-refractivity contribution in [3.05, 3.63) is 189 Å². The molecule has 0 nitrogen and oxygen atoms in total. The van der Waals surface area contributed by atoms with Crippen molar-refractivity contribution in [1.29, 1.82) is 0 Å². The Morgan fingerprint density at radius 1 is 0.553 bits per heavy atom. The van der Waals surface area contributed by atoms with E-state index in [1.807, 2.05) is 72.8 Å². The maximum Gasteiger partial charge on any atom is 0 e. The molecule has 0 heterocycles. The zero-order valence-electron chi connectivity index (χ0n) is 21.6. The maximum atomic E-state index is 5.19. The van der Waals surface area contributed by atoms with Gasteiger partial charge in [-0.15, -0.1) is 12.5 Å². The Hall–Kier alpha value is -1.11. The van der Waals surface area contributed by atoms with Gasteiger partial charge in [-0.1, -0.05) is 84.9 Å². The zero-order valence-corrected chi connectivity index (χ0v) is 30.1. The van der Waals surface area contributed by atoms with Gasteiger partial charge in [0.25, 0.3) is 0 Å². The summed E-state index contributed by atoms with van der Waals surface area (Å²) in [7, 11) is 0. The van der Waals surface area contributed by atoms with E-state index in [0.717, 1.165) is 17.6 Å². The Labute approximate surface area is 306 Å². The molecule has 0 atom stereocenters. The van der Waals surface area contributed by atoms with Gasteiger partial charge in [-0.25, -0.2) is 12.1 Å². The first-order valence-corrected chi connectivity index (χ1v) is 11.1. The molecule has 0 bridgehead atoms. The van der Waals surface area contributed by atoms with Crippen molar-refractivity contribution in [2.75, 3.05) is 0 Å². The molecular weight excluding hydrogens is 687 g/mol. The topological polar surface area (TPSA) is 0 Å². The summed E-state index contributed by atoms with van der Waals surface area (Å²) in [6.45, 7) is 19.8. The molecule has 1 aliphatic rings. The quantitative estimate of drug-likeness (QED) is 0.147. The Bertz CT molecular complexity index is 1080. The molecule has 5 rings (SSSR count). The molecule has 4 aromatic rings. The van der Waals surface area contributed by atoms with Crippen LogP contribution in [-0.2, 0) is 98.1 Å². The minimum atomic E-state index is 0. The van der Waals surface area contributed by atoms with Crippen LogP contribution >= 0.6 is 0 Å². The number of benzene rings is 4. The van der Waals surface area contributed by atoms with Crippen LogP contribution in [0.15, 0.2) is 145 Å². The molecule has 0 unspecified atom stereocenters. The third-order valence-corrected chi connectivity index (χ3v) is 4.27. The van der Waals surface area contributed by atoms with Crippen LogP contribution in [0.3, 0.4) is 0 Å². The van der Waals surface area contributed by atoms with Gasteiger partial charge in [0.05, 0.1) is 0 Å². The molecule has 0 aliphatic heterocycles. The van der Waals surface area contributed by atoms with Crippen molar-refractivity contribution in [2.45, 2.75) is 6.42 Å². The predicted octanol–water partition coefficient (Wildman–Crippen LogP) is 9.08. The average molecular weight is 717 g/mol. The molecule has 0 N–H and O–H groups in total. The molecule has 0 saturated heterocycles. The molecule has 0 amide bonds. The van der Waals surface area contributed by atoms with E-state index in [0.29, 0.717) is 0 Å². The monoisotopic (exact) mass is 717 g/mol. The van der Waals surface area contributed by atoms with Crippen LogP contribution in [0.2, 0.25) is 0 Å². The normalized spacial score (nSPS) is 9.32. The largest absolute Gasteiger partial charge is 0.394 e. The first-order chi connectivity index (χ1) is 17.2. The maximum absolute atomic E-state index is 5.19. The number of hydrogen-bond acceptors (Lipinski definition) is 0. The van der Waals surface area contributed by atoms with Gasteiger partial charge in [0.1, 0.15) is 0 Å². The van der Waals surface area contributed by atoms with Crippen molar-refractivity contribution in [3.8, 4) is 0 Å². The van der Waals surface area contributed by atoms with Gasteiger partial charge < -0.3 is 61.8 Å². The molecule has 185 valence electrons. The van der Waals surface area contributed by atoms with Gasteiger partial charge in [0.2, 0.25) is 0 Å². The van der Waals surface area contributed by atoms with E-state index < -0.39 is 0 Å². The van der Waals surface area contributed by atoms with Crippen LogP contribution in [0, 0.1) is 38.5 Å². The molecule has 38 heavy (non-hydrogen) atoms. The summed E-state index contributed by atoms with van der Waals surface area (Å²) in [4.78, 5) is 0. The molecule has 0 saturated carbocycles. The van der Waals surface area contributed by atoms with E-state index in [4.69, 9.17) is 26.3 Å². The third kappa shape index (κ3) is 21.8. The van der Waals surface area contributed by atoms with E-state index in [9.17, 15) is 0 Å². The van der Waals surface area contributed by atoms with E-state index in [1.165, 1.54) is 29.0 Å². The Balaban J connectivity index is -0.000000406. The smallest absolute Gasteiger partial charge is 0 e. The van der Waals surface area contributed by atoms with Crippen molar-refractivity contribution >= 4 is 16.8 Å². The van der Waals surface area contributed by atoms with Crippen LogP contribution < -0.4 is 0 Å². The number of hydrogen-bond donors (Lipinski definition) is 0. The summed E-state index contributed by atoms with van der Waals surface area (Å²) in [5.74, 6) is 0. The van der Waals surface area contributed by atoms with Crippen LogP contribution in [0.25, 0.3) is 16.8 Å². The summed E-state index contributed by atoms with van der Waals surface area (Å²) in [5.41, 5.74) is 2.02. The van der Waals surface area contributed by atoms with Gasteiger partial charge in [-0.05, 0) is 10.8 Å². The zero-order chi connectivity index (χ0) is 25.4. The van der Waals surface area contributed by atoms with Gasteiger partial charge >= 0.3 is 0 Å². The molecule has 0 fully saturated rings. The second-order valence-electron chi connectivity index (χ2n) is 6.81. The summed E-state index contributed by atoms with van der Waals surface area (Å²) >= 11 is 0. The minimum absolute atomic E-state index is 0. The fourth-order valence-electron chi connectivity index (χ4n) is 2.56. The van der Waals surface area contributed by atoms with Crippen LogP contribution in [-0.4, -0.2) is 0 Å². The summed E-state index contributed by atoms with van der Waals surface area (Å²) in [6, 6.07) is 39.2. The Morgan fingerprint density at radius 3 is 1.24 bits per heavy atom. The van der Waals surface area contributed by atoms with Gasteiger partial charge in [0, 0.05) is 98.1 Å². The fraction of sp³-hybridized carbons (Fsp3) is 0.0286. The number of fused-ring (bicyclic) bond motifs is 1. The molecular formula is C35H30Y3-6. The molecule has 4 aromatic carbocycles. The van der Waals surface area contributed by atoms with Gasteiger partial charge in [0.15, 0.2) is 0 Å². The van der Waals surface area contributed by atoms with Crippen LogP contribution in [0.1, 0.15) is 12.0 Å². The second-order valence-corrected chi connectivity index (χ2v) is 6.81. The Kier molecular flexibility index (Phi) is 33.1. The second kappa shape index (κ2) is 30.4. The summed E-state index contributed by atoms with van der Waals surface area (Å²) in [5, 5.41) is 2.62. The van der Waals surface area contributed by atoms with E-state index in [-0.39, 0.29) is 98.1 Å². The molecule has 3 heteroatoms. The number of rotatable bonds is 3. The van der Waals surface area contributed by atoms with Crippen molar-refractivity contribution in [3.63, 3.8) is 0 Å². The van der Waals surface area contributed by atoms with Crippen LogP contribution in [0.5, 0.6) is 0 Å². The molecule has 0 aromatic heterocycles. The Morgan fingerprint density at radius 2 is 1.00 bits per heavy atom. The molecule has 0 spiro atoms. The predicted molar refractivity (Wildman–Crippen MR) is 152 cm³/mol.